The Kier molecular flexibility index (Phi) is 5.07. The number of nitrogen functional groups attached to an aromatic ring is 1. The van der Waals surface area contributed by atoms with Crippen molar-refractivity contribution in [2.24, 2.45) is 11.8 Å². The molecule has 0 bridgehead atoms. The molecular weight excluding hydrogens is 292 g/mol. The molecule has 1 aliphatic carbocycles. The summed E-state index contributed by atoms with van der Waals surface area (Å²) in [6, 6.07) is 4.70. The highest BCUT2D eigenvalue weighted by molar-refractivity contribution is 6.33. The Morgan fingerprint density at radius 2 is 2.05 bits per heavy atom. The normalized spacial score (nSPS) is 21.8. The summed E-state index contributed by atoms with van der Waals surface area (Å²) in [5, 5.41) is 12.4. The van der Waals surface area contributed by atoms with Crippen LogP contribution in [-0.2, 0) is 4.79 Å². The van der Waals surface area contributed by atoms with Crippen molar-refractivity contribution < 1.29 is 14.7 Å². The minimum atomic E-state index is -0.773. The van der Waals surface area contributed by atoms with Crippen molar-refractivity contribution in [1.29, 1.82) is 0 Å². The zero-order valence-electron chi connectivity index (χ0n) is 11.6. The van der Waals surface area contributed by atoms with Crippen molar-refractivity contribution in [3.63, 3.8) is 0 Å². The summed E-state index contributed by atoms with van der Waals surface area (Å²) in [6.45, 7) is 0.373. The van der Waals surface area contributed by atoms with Gasteiger partial charge in [0.25, 0.3) is 5.91 Å². The van der Waals surface area contributed by atoms with Crippen LogP contribution in [0.15, 0.2) is 18.2 Å². The van der Waals surface area contributed by atoms with Gasteiger partial charge in [0.15, 0.2) is 0 Å². The number of amides is 1. The van der Waals surface area contributed by atoms with Gasteiger partial charge in [0.05, 0.1) is 16.6 Å². The van der Waals surface area contributed by atoms with Crippen LogP contribution in [0.2, 0.25) is 5.02 Å². The number of benzene rings is 1. The summed E-state index contributed by atoms with van der Waals surface area (Å²) in [5.41, 5.74) is 6.45. The predicted octanol–water partition coefficient (Wildman–Crippen LogP) is 2.54. The SMILES string of the molecule is Nc1cc(C(=O)NCC2CCCCC2C(=O)O)ccc1Cl. The molecule has 2 atom stereocenters. The number of hydrogen-bond acceptors (Lipinski definition) is 3. The van der Waals surface area contributed by atoms with Crippen LogP contribution >= 0.6 is 11.6 Å². The zero-order valence-corrected chi connectivity index (χ0v) is 12.4. The van der Waals surface area contributed by atoms with Crippen LogP contribution in [-0.4, -0.2) is 23.5 Å². The predicted molar refractivity (Wildman–Crippen MR) is 81.3 cm³/mol. The van der Waals surface area contributed by atoms with Crippen molar-refractivity contribution in [1.82, 2.24) is 5.32 Å². The minimum absolute atomic E-state index is 0.00940. The largest absolute Gasteiger partial charge is 0.481 e. The molecule has 6 heteroatoms. The van der Waals surface area contributed by atoms with Crippen LogP contribution in [0.4, 0.5) is 5.69 Å². The minimum Gasteiger partial charge on any atom is -0.481 e. The smallest absolute Gasteiger partial charge is 0.306 e. The third-order valence-corrected chi connectivity index (χ3v) is 4.35. The molecule has 0 saturated heterocycles. The Morgan fingerprint density at radius 3 is 2.71 bits per heavy atom. The molecule has 114 valence electrons. The van der Waals surface area contributed by atoms with E-state index >= 15 is 0 Å². The molecule has 21 heavy (non-hydrogen) atoms. The number of carbonyl (C=O) groups excluding carboxylic acids is 1. The fourth-order valence-corrected chi connectivity index (χ4v) is 2.91. The first-order valence-corrected chi connectivity index (χ1v) is 7.43. The molecule has 1 aromatic carbocycles. The van der Waals surface area contributed by atoms with Crippen molar-refractivity contribution in [3.05, 3.63) is 28.8 Å². The maximum Gasteiger partial charge on any atom is 0.306 e. The number of carboxylic acid groups (broad SMARTS) is 1. The average Bonchev–Trinajstić information content (AvgIpc) is 2.47. The fourth-order valence-electron chi connectivity index (χ4n) is 2.79. The van der Waals surface area contributed by atoms with Crippen LogP contribution < -0.4 is 11.1 Å². The van der Waals surface area contributed by atoms with Gasteiger partial charge in [-0.15, -0.1) is 0 Å². The molecule has 1 saturated carbocycles. The Labute approximate surface area is 128 Å². The van der Waals surface area contributed by atoms with Gasteiger partial charge in [-0.1, -0.05) is 24.4 Å². The number of carboxylic acids is 1. The second-order valence-corrected chi connectivity index (χ2v) is 5.84. The molecule has 2 unspecified atom stereocenters. The number of aliphatic carboxylic acids is 1. The maximum absolute atomic E-state index is 12.1. The fraction of sp³-hybridized carbons (Fsp3) is 0.467. The molecule has 5 nitrogen and oxygen atoms in total. The molecule has 1 fully saturated rings. The second-order valence-electron chi connectivity index (χ2n) is 5.44. The van der Waals surface area contributed by atoms with E-state index in [1.54, 1.807) is 12.1 Å². The van der Waals surface area contributed by atoms with Crippen LogP contribution in [0, 0.1) is 11.8 Å². The number of nitrogens with one attached hydrogen (secondary N) is 1. The lowest BCUT2D eigenvalue weighted by atomic mass is 9.79. The lowest BCUT2D eigenvalue weighted by molar-refractivity contribution is -0.144. The van der Waals surface area contributed by atoms with Crippen LogP contribution in [0.1, 0.15) is 36.0 Å². The number of carbonyl (C=O) groups is 2. The summed E-state index contributed by atoms with van der Waals surface area (Å²) in [6.07, 6.45) is 3.47. The van der Waals surface area contributed by atoms with Gasteiger partial charge in [0.1, 0.15) is 0 Å². The van der Waals surface area contributed by atoms with E-state index in [2.05, 4.69) is 5.32 Å². The monoisotopic (exact) mass is 310 g/mol. The van der Waals surface area contributed by atoms with Gasteiger partial charge in [-0.2, -0.15) is 0 Å². The van der Waals surface area contributed by atoms with Gasteiger partial charge >= 0.3 is 5.97 Å². The lowest BCUT2D eigenvalue weighted by Crippen LogP contribution is -2.37. The van der Waals surface area contributed by atoms with Gasteiger partial charge in [-0.25, -0.2) is 0 Å². The van der Waals surface area contributed by atoms with E-state index < -0.39 is 5.97 Å². The van der Waals surface area contributed by atoms with E-state index in [0.29, 0.717) is 29.2 Å². The van der Waals surface area contributed by atoms with E-state index in [0.717, 1.165) is 19.3 Å². The van der Waals surface area contributed by atoms with E-state index in [-0.39, 0.29) is 17.7 Å². The summed E-state index contributed by atoms with van der Waals surface area (Å²) in [5.74, 6) is -1.41. The van der Waals surface area contributed by atoms with Gasteiger partial charge in [0, 0.05) is 12.1 Å². The molecule has 2 rings (SSSR count). The van der Waals surface area contributed by atoms with Gasteiger partial charge < -0.3 is 16.2 Å². The zero-order chi connectivity index (χ0) is 15.4. The highest BCUT2D eigenvalue weighted by Crippen LogP contribution is 2.29. The van der Waals surface area contributed by atoms with E-state index in [1.165, 1.54) is 6.07 Å². The number of rotatable bonds is 4. The Morgan fingerprint density at radius 1 is 1.33 bits per heavy atom. The molecule has 0 spiro atoms. The molecule has 0 radical (unpaired) electrons. The number of hydrogen-bond donors (Lipinski definition) is 3. The van der Waals surface area contributed by atoms with E-state index in [4.69, 9.17) is 17.3 Å². The van der Waals surface area contributed by atoms with E-state index in [9.17, 15) is 14.7 Å². The molecule has 1 aromatic rings. The molecular formula is C15H19ClN2O3. The first-order chi connectivity index (χ1) is 9.99. The van der Waals surface area contributed by atoms with Crippen LogP contribution in [0.3, 0.4) is 0 Å². The lowest BCUT2D eigenvalue weighted by Gasteiger charge is -2.28. The molecule has 0 aromatic heterocycles. The van der Waals surface area contributed by atoms with Gasteiger partial charge in [-0.05, 0) is 37.0 Å². The molecule has 0 aliphatic heterocycles. The van der Waals surface area contributed by atoms with Crippen molar-refractivity contribution in [3.8, 4) is 0 Å². The maximum atomic E-state index is 12.1. The Balaban J connectivity index is 1.96. The molecule has 4 N–H and O–H groups in total. The molecule has 1 aliphatic rings. The highest BCUT2D eigenvalue weighted by atomic mass is 35.5. The van der Waals surface area contributed by atoms with Crippen molar-refractivity contribution in [2.45, 2.75) is 25.7 Å². The summed E-state index contributed by atoms with van der Waals surface area (Å²) < 4.78 is 0. The average molecular weight is 311 g/mol. The van der Waals surface area contributed by atoms with Gasteiger partial charge in [0.2, 0.25) is 0 Å². The van der Waals surface area contributed by atoms with Crippen LogP contribution in [0.25, 0.3) is 0 Å². The Hall–Kier alpha value is -1.75. The summed E-state index contributed by atoms with van der Waals surface area (Å²) >= 11 is 5.82. The number of anilines is 1. The van der Waals surface area contributed by atoms with Crippen LogP contribution in [0.5, 0.6) is 0 Å². The summed E-state index contributed by atoms with van der Waals surface area (Å²) in [4.78, 5) is 23.3. The summed E-state index contributed by atoms with van der Waals surface area (Å²) in [7, 11) is 0. The number of nitrogens with two attached hydrogens (primary N) is 1. The molecule has 1 amide bonds. The molecule has 0 heterocycles. The van der Waals surface area contributed by atoms with Crippen molar-refractivity contribution in [2.75, 3.05) is 12.3 Å². The first kappa shape index (κ1) is 15.6. The standard InChI is InChI=1S/C15H19ClN2O3/c16-12-6-5-9(7-13(12)17)14(19)18-8-10-3-1-2-4-11(10)15(20)21/h5-7,10-11H,1-4,8,17H2,(H,18,19)(H,20,21). The van der Waals surface area contributed by atoms with Crippen molar-refractivity contribution >= 4 is 29.2 Å². The third kappa shape index (κ3) is 3.88. The number of halogens is 1. The quantitative estimate of drug-likeness (QED) is 0.745. The second kappa shape index (κ2) is 6.80. The van der Waals surface area contributed by atoms with E-state index in [1.807, 2.05) is 0 Å². The van der Waals surface area contributed by atoms with Gasteiger partial charge in [-0.3, -0.25) is 9.59 Å². The topological polar surface area (TPSA) is 92.4 Å². The highest BCUT2D eigenvalue weighted by Gasteiger charge is 2.30. The third-order valence-electron chi connectivity index (χ3n) is 4.01. The first-order valence-electron chi connectivity index (χ1n) is 7.05. The Bertz CT molecular complexity index is 548.